The van der Waals surface area contributed by atoms with E-state index in [0.29, 0.717) is 12.5 Å². The monoisotopic (exact) mass is 274 g/mol. The first kappa shape index (κ1) is 13.4. The lowest BCUT2D eigenvalue weighted by atomic mass is 9.88. The Morgan fingerprint density at radius 2 is 2.15 bits per heavy atom. The minimum Gasteiger partial charge on any atom is -0.488 e. The van der Waals surface area contributed by atoms with E-state index in [1.165, 1.54) is 11.1 Å². The van der Waals surface area contributed by atoms with Gasteiger partial charge in [0.2, 0.25) is 5.91 Å². The lowest BCUT2D eigenvalue weighted by molar-refractivity contribution is -0.116. The molecule has 3 rings (SSSR count). The predicted octanol–water partition coefficient (Wildman–Crippen LogP) is 1.88. The van der Waals surface area contributed by atoms with Crippen LogP contribution in [0.3, 0.4) is 0 Å². The summed E-state index contributed by atoms with van der Waals surface area (Å²) in [7, 11) is 0. The number of nitrogens with zero attached hydrogens (tertiary/aromatic N) is 1. The second-order valence-corrected chi connectivity index (χ2v) is 5.97. The number of rotatable bonds is 2. The smallest absolute Gasteiger partial charge is 0.223 e. The van der Waals surface area contributed by atoms with Crippen LogP contribution < -0.4 is 15.4 Å². The molecule has 0 aromatic heterocycles. The zero-order chi connectivity index (χ0) is 14.3. The molecule has 1 aromatic carbocycles. The first-order valence-electron chi connectivity index (χ1n) is 7.39. The Bertz CT molecular complexity index is 542. The van der Waals surface area contributed by atoms with Gasteiger partial charge < -0.3 is 15.4 Å². The van der Waals surface area contributed by atoms with E-state index in [-0.39, 0.29) is 12.0 Å². The molecule has 0 radical (unpaired) electrons. The molecule has 0 saturated heterocycles. The molecule has 0 fully saturated rings. The fraction of sp³-hybridized carbons (Fsp3) is 0.562. The summed E-state index contributed by atoms with van der Waals surface area (Å²) < 4.78 is 5.96. The van der Waals surface area contributed by atoms with Crippen molar-refractivity contribution in [2.45, 2.75) is 39.2 Å². The molecule has 2 heterocycles. The van der Waals surface area contributed by atoms with E-state index in [9.17, 15) is 4.79 Å². The number of hydrogen-bond donors (Lipinski definition) is 1. The zero-order valence-corrected chi connectivity index (χ0v) is 12.2. The number of hydrogen-bond acceptors (Lipinski definition) is 3. The van der Waals surface area contributed by atoms with Crippen LogP contribution in [0.4, 0.5) is 5.69 Å². The number of benzene rings is 1. The Kier molecular flexibility index (Phi) is 3.42. The molecule has 1 aromatic rings. The molecule has 2 aliphatic rings. The van der Waals surface area contributed by atoms with Crippen molar-refractivity contribution in [1.82, 2.24) is 0 Å². The second kappa shape index (κ2) is 5.09. The Morgan fingerprint density at radius 1 is 1.40 bits per heavy atom. The zero-order valence-electron chi connectivity index (χ0n) is 12.2. The Hall–Kier alpha value is -1.55. The van der Waals surface area contributed by atoms with E-state index in [4.69, 9.17) is 10.5 Å². The van der Waals surface area contributed by atoms with Crippen molar-refractivity contribution in [3.63, 3.8) is 0 Å². The summed E-state index contributed by atoms with van der Waals surface area (Å²) in [5.41, 5.74) is 9.13. The average Bonchev–Trinajstić information content (AvgIpc) is 2.78. The topological polar surface area (TPSA) is 55.6 Å². The standard InChI is InChI=1S/C16H22N2O2/c1-10-7-14-4-3-13-8-12(5-6-17)9-18(11(2)19)15(13)16(14)20-10/h3-4,10,12H,5-9,17H2,1-2H3. The Labute approximate surface area is 119 Å². The van der Waals surface area contributed by atoms with Gasteiger partial charge in [0, 0.05) is 19.9 Å². The normalized spacial score (nSPS) is 24.1. The second-order valence-electron chi connectivity index (χ2n) is 5.97. The fourth-order valence-electron chi connectivity index (χ4n) is 3.40. The Balaban J connectivity index is 2.04. The highest BCUT2D eigenvalue weighted by molar-refractivity contribution is 5.95. The van der Waals surface area contributed by atoms with E-state index < -0.39 is 0 Å². The molecule has 0 bridgehead atoms. The summed E-state index contributed by atoms with van der Waals surface area (Å²) in [5, 5.41) is 0. The molecule has 0 spiro atoms. The van der Waals surface area contributed by atoms with Gasteiger partial charge in [-0.15, -0.1) is 0 Å². The predicted molar refractivity (Wildman–Crippen MR) is 79.1 cm³/mol. The van der Waals surface area contributed by atoms with Crippen molar-refractivity contribution in [3.05, 3.63) is 23.3 Å². The van der Waals surface area contributed by atoms with Crippen LogP contribution in [0.5, 0.6) is 5.75 Å². The first-order valence-corrected chi connectivity index (χ1v) is 7.39. The highest BCUT2D eigenvalue weighted by Gasteiger charge is 2.33. The molecule has 1 amide bonds. The van der Waals surface area contributed by atoms with Crippen LogP contribution in [-0.2, 0) is 17.6 Å². The van der Waals surface area contributed by atoms with E-state index in [0.717, 1.165) is 37.2 Å². The maximum Gasteiger partial charge on any atom is 0.223 e. The number of ether oxygens (including phenoxy) is 1. The molecule has 2 atom stereocenters. The lowest BCUT2D eigenvalue weighted by Crippen LogP contribution is -2.39. The summed E-state index contributed by atoms with van der Waals surface area (Å²) in [5.74, 6) is 1.47. The van der Waals surface area contributed by atoms with Crippen LogP contribution in [-0.4, -0.2) is 25.1 Å². The molecule has 0 aliphatic carbocycles. The molecule has 2 unspecified atom stereocenters. The minimum atomic E-state index is 0.0875. The highest BCUT2D eigenvalue weighted by atomic mass is 16.5. The maximum atomic E-state index is 12.0. The van der Waals surface area contributed by atoms with E-state index in [1.807, 2.05) is 4.90 Å². The average molecular weight is 274 g/mol. The Morgan fingerprint density at radius 3 is 2.85 bits per heavy atom. The highest BCUT2D eigenvalue weighted by Crippen LogP contribution is 2.44. The molecular formula is C16H22N2O2. The van der Waals surface area contributed by atoms with E-state index in [1.54, 1.807) is 6.92 Å². The summed E-state index contributed by atoms with van der Waals surface area (Å²) in [4.78, 5) is 13.9. The quantitative estimate of drug-likeness (QED) is 0.896. The molecule has 2 aliphatic heterocycles. The number of anilines is 1. The van der Waals surface area contributed by atoms with Gasteiger partial charge in [-0.2, -0.15) is 0 Å². The summed E-state index contributed by atoms with van der Waals surface area (Å²) in [6.07, 6.45) is 3.08. The molecule has 4 heteroatoms. The van der Waals surface area contributed by atoms with Gasteiger partial charge in [0.05, 0.1) is 5.69 Å². The van der Waals surface area contributed by atoms with Gasteiger partial charge >= 0.3 is 0 Å². The van der Waals surface area contributed by atoms with Gasteiger partial charge in [0.15, 0.2) is 0 Å². The molecule has 2 N–H and O–H groups in total. The van der Waals surface area contributed by atoms with Crippen molar-refractivity contribution in [2.75, 3.05) is 18.0 Å². The first-order chi connectivity index (χ1) is 9.60. The molecule has 20 heavy (non-hydrogen) atoms. The van der Waals surface area contributed by atoms with E-state index >= 15 is 0 Å². The molecule has 108 valence electrons. The molecule has 4 nitrogen and oxygen atoms in total. The van der Waals surface area contributed by atoms with Crippen LogP contribution in [0, 0.1) is 5.92 Å². The number of amides is 1. The van der Waals surface area contributed by atoms with Crippen LogP contribution in [0.15, 0.2) is 12.1 Å². The summed E-state index contributed by atoms with van der Waals surface area (Å²) in [6.45, 7) is 5.13. The lowest BCUT2D eigenvalue weighted by Gasteiger charge is -2.35. The van der Waals surface area contributed by atoms with Crippen molar-refractivity contribution < 1.29 is 9.53 Å². The fourth-order valence-corrected chi connectivity index (χ4v) is 3.40. The van der Waals surface area contributed by atoms with Crippen LogP contribution in [0.25, 0.3) is 0 Å². The summed E-state index contributed by atoms with van der Waals surface area (Å²) in [6, 6.07) is 4.31. The summed E-state index contributed by atoms with van der Waals surface area (Å²) >= 11 is 0. The van der Waals surface area contributed by atoms with Gasteiger partial charge in [-0.1, -0.05) is 12.1 Å². The minimum absolute atomic E-state index is 0.0875. The number of fused-ring (bicyclic) bond motifs is 3. The van der Waals surface area contributed by atoms with Gasteiger partial charge in [0.25, 0.3) is 0 Å². The molecule has 0 saturated carbocycles. The van der Waals surface area contributed by atoms with Gasteiger partial charge in [0.1, 0.15) is 11.9 Å². The van der Waals surface area contributed by atoms with Gasteiger partial charge in [-0.3, -0.25) is 4.79 Å². The molecular weight excluding hydrogens is 252 g/mol. The van der Waals surface area contributed by atoms with Crippen molar-refractivity contribution >= 4 is 11.6 Å². The van der Waals surface area contributed by atoms with Crippen LogP contribution >= 0.6 is 0 Å². The SMILES string of the molecule is CC(=O)N1CC(CCN)Cc2ccc3c(c21)OC(C)C3. The van der Waals surface area contributed by atoms with Gasteiger partial charge in [-0.05, 0) is 43.4 Å². The third-order valence-electron chi connectivity index (χ3n) is 4.30. The largest absolute Gasteiger partial charge is 0.488 e. The third-order valence-corrected chi connectivity index (χ3v) is 4.30. The van der Waals surface area contributed by atoms with Crippen LogP contribution in [0.1, 0.15) is 31.4 Å². The number of carbonyl (C=O) groups excluding carboxylic acids is 1. The maximum absolute atomic E-state index is 12.0. The van der Waals surface area contributed by atoms with Crippen molar-refractivity contribution in [3.8, 4) is 5.75 Å². The number of carbonyl (C=O) groups is 1. The van der Waals surface area contributed by atoms with Gasteiger partial charge in [-0.25, -0.2) is 0 Å². The number of nitrogens with two attached hydrogens (primary N) is 1. The third kappa shape index (κ3) is 2.18. The van der Waals surface area contributed by atoms with Crippen LogP contribution in [0.2, 0.25) is 0 Å². The van der Waals surface area contributed by atoms with Crippen molar-refractivity contribution in [1.29, 1.82) is 0 Å². The van der Waals surface area contributed by atoms with Crippen molar-refractivity contribution in [2.24, 2.45) is 11.7 Å². The van der Waals surface area contributed by atoms with E-state index in [2.05, 4.69) is 19.1 Å².